The smallest absolute Gasteiger partial charge is 0.152 e. The molecule has 1 aromatic heterocycles. The molecule has 0 N–H and O–H groups in total. The van der Waals surface area contributed by atoms with Crippen LogP contribution < -0.4 is 9.64 Å². The van der Waals surface area contributed by atoms with Gasteiger partial charge in [0.1, 0.15) is 6.61 Å². The van der Waals surface area contributed by atoms with Gasteiger partial charge in [0.2, 0.25) is 0 Å². The monoisotopic (exact) mass is 280 g/mol. The van der Waals surface area contributed by atoms with Gasteiger partial charge in [-0.15, -0.1) is 11.3 Å². The highest BCUT2D eigenvalue weighted by Crippen LogP contribution is 2.42. The molecule has 1 aliphatic rings. The SMILES string of the molecule is Cc1nc(-c2cc(Cl)cc3c2OCCN3C)cs1. The standard InChI is InChI=1S/C13H13ClN2OS/c1-8-15-11(7-18-8)10-5-9(14)6-12-13(10)17-4-3-16(12)2/h5-7H,3-4H2,1-2H3. The van der Waals surface area contributed by atoms with E-state index in [9.17, 15) is 0 Å². The van der Waals surface area contributed by atoms with Crippen molar-refractivity contribution in [3.05, 3.63) is 27.5 Å². The third-order valence-corrected chi connectivity index (χ3v) is 4.01. The van der Waals surface area contributed by atoms with Gasteiger partial charge in [0.15, 0.2) is 5.75 Å². The van der Waals surface area contributed by atoms with E-state index in [4.69, 9.17) is 16.3 Å². The number of nitrogens with zero attached hydrogens (tertiary/aromatic N) is 2. The predicted molar refractivity (Wildman–Crippen MR) is 76.1 cm³/mol. The Morgan fingerprint density at radius 1 is 1.44 bits per heavy atom. The lowest BCUT2D eigenvalue weighted by molar-refractivity contribution is 0.312. The molecule has 0 unspecified atom stereocenters. The van der Waals surface area contributed by atoms with Gasteiger partial charge in [0.25, 0.3) is 0 Å². The van der Waals surface area contributed by atoms with Gasteiger partial charge >= 0.3 is 0 Å². The zero-order chi connectivity index (χ0) is 12.7. The summed E-state index contributed by atoms with van der Waals surface area (Å²) in [5.41, 5.74) is 2.95. The average Bonchev–Trinajstić information content (AvgIpc) is 2.76. The highest BCUT2D eigenvalue weighted by atomic mass is 35.5. The lowest BCUT2D eigenvalue weighted by Gasteiger charge is -2.29. The molecule has 2 heterocycles. The van der Waals surface area contributed by atoms with Crippen molar-refractivity contribution in [1.29, 1.82) is 0 Å². The number of halogens is 1. The molecule has 1 aromatic carbocycles. The van der Waals surface area contributed by atoms with Crippen molar-refractivity contribution in [2.24, 2.45) is 0 Å². The molecule has 0 saturated carbocycles. The number of fused-ring (bicyclic) bond motifs is 1. The summed E-state index contributed by atoms with van der Waals surface area (Å²) in [5, 5.41) is 3.80. The number of likely N-dealkylation sites (N-methyl/N-ethyl adjacent to an activating group) is 1. The number of aryl methyl sites for hydroxylation is 1. The molecule has 0 saturated heterocycles. The van der Waals surface area contributed by atoms with E-state index in [1.54, 1.807) is 11.3 Å². The molecule has 0 spiro atoms. The lowest BCUT2D eigenvalue weighted by atomic mass is 10.1. The molecule has 0 atom stereocenters. The molecule has 3 nitrogen and oxygen atoms in total. The van der Waals surface area contributed by atoms with Crippen molar-refractivity contribution in [3.8, 4) is 17.0 Å². The lowest BCUT2D eigenvalue weighted by Crippen LogP contribution is -2.29. The van der Waals surface area contributed by atoms with Crippen LogP contribution in [-0.2, 0) is 0 Å². The normalized spacial score (nSPS) is 14.3. The summed E-state index contributed by atoms with van der Waals surface area (Å²) in [4.78, 5) is 6.68. The van der Waals surface area contributed by atoms with Gasteiger partial charge < -0.3 is 9.64 Å². The number of anilines is 1. The minimum atomic E-state index is 0.696. The second-order valence-electron chi connectivity index (χ2n) is 4.32. The maximum atomic E-state index is 6.20. The maximum Gasteiger partial charge on any atom is 0.152 e. The number of hydrogen-bond donors (Lipinski definition) is 0. The van der Waals surface area contributed by atoms with E-state index in [0.717, 1.165) is 34.2 Å². The van der Waals surface area contributed by atoms with Crippen LogP contribution in [0.15, 0.2) is 17.5 Å². The first-order valence-electron chi connectivity index (χ1n) is 5.75. The Labute approximate surface area is 115 Å². The number of thiazole rings is 1. The van der Waals surface area contributed by atoms with Crippen molar-refractivity contribution in [2.75, 3.05) is 25.1 Å². The zero-order valence-corrected chi connectivity index (χ0v) is 11.8. The van der Waals surface area contributed by atoms with Crippen LogP contribution in [0.1, 0.15) is 5.01 Å². The number of rotatable bonds is 1. The Hall–Kier alpha value is -1.26. The Morgan fingerprint density at radius 2 is 2.28 bits per heavy atom. The van der Waals surface area contributed by atoms with Gasteiger partial charge in [-0.25, -0.2) is 4.98 Å². The van der Waals surface area contributed by atoms with Crippen molar-refractivity contribution in [1.82, 2.24) is 4.98 Å². The third kappa shape index (κ3) is 1.95. The van der Waals surface area contributed by atoms with E-state index >= 15 is 0 Å². The van der Waals surface area contributed by atoms with E-state index in [2.05, 4.69) is 9.88 Å². The molecule has 0 amide bonds. The largest absolute Gasteiger partial charge is 0.489 e. The highest BCUT2D eigenvalue weighted by Gasteiger charge is 2.21. The van der Waals surface area contributed by atoms with Crippen LogP contribution in [0.25, 0.3) is 11.3 Å². The number of ether oxygens (including phenoxy) is 1. The van der Waals surface area contributed by atoms with E-state index < -0.39 is 0 Å². The number of aromatic nitrogens is 1. The van der Waals surface area contributed by atoms with Crippen LogP contribution in [0, 0.1) is 6.92 Å². The first-order chi connectivity index (χ1) is 8.65. The third-order valence-electron chi connectivity index (χ3n) is 3.01. The summed E-state index contributed by atoms with van der Waals surface area (Å²) < 4.78 is 5.81. The summed E-state index contributed by atoms with van der Waals surface area (Å²) in [7, 11) is 2.05. The van der Waals surface area contributed by atoms with Crippen LogP contribution in [0.3, 0.4) is 0 Å². The van der Waals surface area contributed by atoms with E-state index in [0.29, 0.717) is 11.6 Å². The molecule has 94 valence electrons. The molecule has 0 aliphatic carbocycles. The Bertz CT molecular complexity index is 597. The zero-order valence-electron chi connectivity index (χ0n) is 10.2. The van der Waals surface area contributed by atoms with E-state index in [-0.39, 0.29) is 0 Å². The summed E-state index contributed by atoms with van der Waals surface area (Å²) in [6.07, 6.45) is 0. The van der Waals surface area contributed by atoms with Crippen molar-refractivity contribution in [3.63, 3.8) is 0 Å². The van der Waals surface area contributed by atoms with Crippen LogP contribution in [0.4, 0.5) is 5.69 Å². The fourth-order valence-electron chi connectivity index (χ4n) is 2.10. The van der Waals surface area contributed by atoms with Crippen molar-refractivity contribution in [2.45, 2.75) is 6.92 Å². The van der Waals surface area contributed by atoms with Crippen LogP contribution in [-0.4, -0.2) is 25.2 Å². The maximum absolute atomic E-state index is 6.20. The van der Waals surface area contributed by atoms with Crippen LogP contribution in [0.5, 0.6) is 5.75 Å². The second-order valence-corrected chi connectivity index (χ2v) is 5.82. The molecule has 1 aliphatic heterocycles. The van der Waals surface area contributed by atoms with Gasteiger partial charge in [-0.05, 0) is 19.1 Å². The second kappa shape index (κ2) is 4.44. The minimum Gasteiger partial charge on any atom is -0.489 e. The molecule has 18 heavy (non-hydrogen) atoms. The molecule has 0 radical (unpaired) electrons. The van der Waals surface area contributed by atoms with E-state index in [1.807, 2.05) is 31.5 Å². The Balaban J connectivity index is 2.20. The topological polar surface area (TPSA) is 25.4 Å². The van der Waals surface area contributed by atoms with E-state index in [1.165, 1.54) is 0 Å². The average molecular weight is 281 g/mol. The first kappa shape index (κ1) is 11.8. The Kier molecular flexibility index (Phi) is 2.92. The van der Waals surface area contributed by atoms with Gasteiger partial charge in [-0.3, -0.25) is 0 Å². The molecule has 0 fully saturated rings. The van der Waals surface area contributed by atoms with Crippen LogP contribution >= 0.6 is 22.9 Å². The summed E-state index contributed by atoms with van der Waals surface area (Å²) in [6.45, 7) is 3.57. The molecule has 0 bridgehead atoms. The molecular weight excluding hydrogens is 268 g/mol. The fourth-order valence-corrected chi connectivity index (χ4v) is 2.92. The van der Waals surface area contributed by atoms with Gasteiger partial charge in [-0.1, -0.05) is 11.6 Å². The molecule has 5 heteroatoms. The fraction of sp³-hybridized carbons (Fsp3) is 0.308. The first-order valence-corrected chi connectivity index (χ1v) is 7.01. The van der Waals surface area contributed by atoms with Gasteiger partial charge in [-0.2, -0.15) is 0 Å². The van der Waals surface area contributed by atoms with Crippen molar-refractivity contribution >= 4 is 28.6 Å². The summed E-state index contributed by atoms with van der Waals surface area (Å²) in [6, 6.07) is 3.87. The van der Waals surface area contributed by atoms with Gasteiger partial charge in [0.05, 0.1) is 22.9 Å². The summed E-state index contributed by atoms with van der Waals surface area (Å²) >= 11 is 7.83. The number of hydrogen-bond acceptors (Lipinski definition) is 4. The number of benzene rings is 1. The predicted octanol–water partition coefficient (Wildman–Crippen LogP) is 3.60. The molecule has 2 aromatic rings. The highest BCUT2D eigenvalue weighted by molar-refractivity contribution is 7.09. The minimum absolute atomic E-state index is 0.696. The summed E-state index contributed by atoms with van der Waals surface area (Å²) in [5.74, 6) is 0.887. The quantitative estimate of drug-likeness (QED) is 0.798. The molecular formula is C13H13ClN2OS. The molecule has 3 rings (SSSR count). The van der Waals surface area contributed by atoms with Crippen molar-refractivity contribution < 1.29 is 4.74 Å². The van der Waals surface area contributed by atoms with Gasteiger partial charge in [0, 0.05) is 23.0 Å². The van der Waals surface area contributed by atoms with Crippen LogP contribution in [0.2, 0.25) is 5.02 Å². The Morgan fingerprint density at radius 3 is 3.00 bits per heavy atom.